The van der Waals surface area contributed by atoms with Crippen molar-refractivity contribution in [3.8, 4) is 12.3 Å². The minimum Gasteiger partial charge on any atom is -0.436 e. The lowest BCUT2D eigenvalue weighted by Gasteiger charge is -2.24. The molecule has 35 heavy (non-hydrogen) atoms. The minimum atomic E-state index is -1.19. The molecule has 0 aliphatic carbocycles. The number of primary amides is 2. The van der Waals surface area contributed by atoms with Crippen LogP contribution >= 0.6 is 11.6 Å². The van der Waals surface area contributed by atoms with Gasteiger partial charge in [-0.2, -0.15) is 0 Å². The quantitative estimate of drug-likeness (QED) is 0.144. The predicted molar refractivity (Wildman–Crippen MR) is 131 cm³/mol. The van der Waals surface area contributed by atoms with Gasteiger partial charge in [-0.3, -0.25) is 9.59 Å². The van der Waals surface area contributed by atoms with Gasteiger partial charge >= 0.3 is 12.1 Å². The number of nitrogens with two attached hydrogens (primary N) is 2. The molecule has 0 heterocycles. The second kappa shape index (κ2) is 15.4. The SMILES string of the molecule is C#CCOCc1cc(NC(=O)C(CCCNC(N)=O)NC(=O)C(OC(N)=O)C(C)C)ccc1CCl. The average molecular weight is 510 g/mol. The molecule has 1 aromatic carbocycles. The first-order valence-corrected chi connectivity index (χ1v) is 11.4. The van der Waals surface area contributed by atoms with E-state index < -0.39 is 42.0 Å². The van der Waals surface area contributed by atoms with Crippen molar-refractivity contribution in [3.05, 3.63) is 29.3 Å². The molecule has 192 valence electrons. The number of urea groups is 1. The van der Waals surface area contributed by atoms with E-state index in [9.17, 15) is 19.2 Å². The lowest BCUT2D eigenvalue weighted by Crippen LogP contribution is -2.50. The number of carbonyl (C=O) groups is 4. The Morgan fingerprint density at radius 2 is 1.86 bits per heavy atom. The highest BCUT2D eigenvalue weighted by Gasteiger charge is 2.30. The van der Waals surface area contributed by atoms with Crippen molar-refractivity contribution in [2.24, 2.45) is 17.4 Å². The summed E-state index contributed by atoms with van der Waals surface area (Å²) < 4.78 is 10.3. The summed E-state index contributed by atoms with van der Waals surface area (Å²) >= 11 is 5.98. The standard InChI is InChI=1S/C23H32ClN5O6/c1-4-10-34-13-16-11-17(8-7-15(16)12-24)28-20(30)18(6-5-9-27-22(25)32)29-21(31)19(14(2)3)35-23(26)33/h1,7-8,11,14,18-19H,5-6,9-10,12-13H2,2-3H3,(H2,26,33)(H,28,30)(H,29,31)(H3,25,27,32). The summed E-state index contributed by atoms with van der Waals surface area (Å²) in [7, 11) is 0. The van der Waals surface area contributed by atoms with E-state index in [0.29, 0.717) is 12.1 Å². The molecule has 1 rings (SSSR count). The van der Waals surface area contributed by atoms with Crippen LogP contribution in [0.4, 0.5) is 15.3 Å². The van der Waals surface area contributed by atoms with Crippen molar-refractivity contribution in [1.82, 2.24) is 10.6 Å². The molecular formula is C23H32ClN5O6. The number of halogens is 1. The molecule has 11 nitrogen and oxygen atoms in total. The van der Waals surface area contributed by atoms with Gasteiger partial charge in [0.25, 0.3) is 5.91 Å². The number of terminal acetylenes is 1. The molecule has 5 amide bonds. The lowest BCUT2D eigenvalue weighted by atomic mass is 10.0. The molecule has 0 spiro atoms. The fourth-order valence-corrected chi connectivity index (χ4v) is 3.34. The predicted octanol–water partition coefficient (Wildman–Crippen LogP) is 1.57. The van der Waals surface area contributed by atoms with E-state index >= 15 is 0 Å². The zero-order chi connectivity index (χ0) is 26.4. The largest absolute Gasteiger partial charge is 0.436 e. The first-order chi connectivity index (χ1) is 16.6. The molecule has 0 aliphatic rings. The normalized spacial score (nSPS) is 12.2. The zero-order valence-corrected chi connectivity index (χ0v) is 20.5. The monoisotopic (exact) mass is 509 g/mol. The Hall–Kier alpha value is -3.49. The van der Waals surface area contributed by atoms with Crippen LogP contribution in [0.1, 0.15) is 37.8 Å². The second-order valence-corrected chi connectivity index (χ2v) is 8.17. The van der Waals surface area contributed by atoms with Crippen LogP contribution in [0.15, 0.2) is 18.2 Å². The van der Waals surface area contributed by atoms with Crippen molar-refractivity contribution < 1.29 is 28.7 Å². The van der Waals surface area contributed by atoms with Crippen molar-refractivity contribution >= 4 is 41.2 Å². The maximum absolute atomic E-state index is 13.1. The number of rotatable bonds is 14. The number of benzene rings is 1. The number of carbonyl (C=O) groups excluding carboxylic acids is 4. The fourth-order valence-electron chi connectivity index (χ4n) is 3.08. The summed E-state index contributed by atoms with van der Waals surface area (Å²) in [6.45, 7) is 3.86. The highest BCUT2D eigenvalue weighted by molar-refractivity contribution is 6.17. The highest BCUT2D eigenvalue weighted by atomic mass is 35.5. The molecule has 0 bridgehead atoms. The van der Waals surface area contributed by atoms with Gasteiger partial charge in [0, 0.05) is 18.1 Å². The van der Waals surface area contributed by atoms with Crippen LogP contribution in [0.25, 0.3) is 0 Å². The van der Waals surface area contributed by atoms with Crippen LogP contribution < -0.4 is 27.4 Å². The van der Waals surface area contributed by atoms with Crippen molar-refractivity contribution in [2.75, 3.05) is 18.5 Å². The van der Waals surface area contributed by atoms with Gasteiger partial charge in [-0.15, -0.1) is 18.0 Å². The van der Waals surface area contributed by atoms with Gasteiger partial charge in [0.05, 0.1) is 6.61 Å². The third-order valence-electron chi connectivity index (χ3n) is 4.77. The van der Waals surface area contributed by atoms with E-state index in [-0.39, 0.29) is 32.1 Å². The molecule has 0 aliphatic heterocycles. The van der Waals surface area contributed by atoms with Gasteiger partial charge in [-0.1, -0.05) is 25.8 Å². The van der Waals surface area contributed by atoms with Crippen LogP contribution in [0.3, 0.4) is 0 Å². The third kappa shape index (κ3) is 11.0. The number of anilines is 1. The number of hydrogen-bond donors (Lipinski definition) is 5. The summed E-state index contributed by atoms with van der Waals surface area (Å²) in [5.41, 5.74) is 12.1. The van der Waals surface area contributed by atoms with Crippen LogP contribution in [-0.2, 0) is 31.5 Å². The fraction of sp³-hybridized carbons (Fsp3) is 0.478. The molecule has 0 aromatic heterocycles. The molecule has 7 N–H and O–H groups in total. The van der Waals surface area contributed by atoms with Gasteiger partial charge < -0.3 is 36.9 Å². The topological polar surface area (TPSA) is 175 Å². The number of amides is 5. The average Bonchev–Trinajstić information content (AvgIpc) is 2.79. The maximum atomic E-state index is 13.1. The zero-order valence-electron chi connectivity index (χ0n) is 19.8. The van der Waals surface area contributed by atoms with Gasteiger partial charge in [0.2, 0.25) is 5.91 Å². The van der Waals surface area contributed by atoms with E-state index in [1.807, 2.05) is 0 Å². The van der Waals surface area contributed by atoms with Gasteiger partial charge in [-0.25, -0.2) is 9.59 Å². The van der Waals surface area contributed by atoms with Crippen molar-refractivity contribution in [2.45, 2.75) is 51.3 Å². The molecule has 12 heteroatoms. The summed E-state index contributed by atoms with van der Waals surface area (Å²) in [5, 5.41) is 7.77. The van der Waals surface area contributed by atoms with Gasteiger partial charge in [0.1, 0.15) is 12.6 Å². The first-order valence-electron chi connectivity index (χ1n) is 10.9. The Morgan fingerprint density at radius 3 is 2.43 bits per heavy atom. The number of alkyl halides is 1. The lowest BCUT2D eigenvalue weighted by molar-refractivity contribution is -0.134. The number of nitrogens with one attached hydrogen (secondary N) is 3. The Balaban J connectivity index is 3.02. The van der Waals surface area contributed by atoms with E-state index in [2.05, 4.69) is 21.9 Å². The van der Waals surface area contributed by atoms with E-state index in [1.54, 1.807) is 32.0 Å². The van der Waals surface area contributed by atoms with E-state index in [0.717, 1.165) is 11.1 Å². The third-order valence-corrected chi connectivity index (χ3v) is 5.06. The van der Waals surface area contributed by atoms with Crippen LogP contribution in [0, 0.1) is 18.3 Å². The van der Waals surface area contributed by atoms with Crippen LogP contribution in [0.2, 0.25) is 0 Å². The molecule has 1 aromatic rings. The second-order valence-electron chi connectivity index (χ2n) is 7.90. The van der Waals surface area contributed by atoms with E-state index in [1.165, 1.54) is 0 Å². The number of ether oxygens (including phenoxy) is 2. The molecule has 0 fully saturated rings. The van der Waals surface area contributed by atoms with Crippen molar-refractivity contribution in [1.29, 1.82) is 0 Å². The smallest absolute Gasteiger partial charge is 0.405 e. The summed E-state index contributed by atoms with van der Waals surface area (Å²) in [6.07, 6.45) is 3.41. The van der Waals surface area contributed by atoms with Crippen LogP contribution in [-0.4, -0.2) is 49.2 Å². The van der Waals surface area contributed by atoms with Crippen LogP contribution in [0.5, 0.6) is 0 Å². The van der Waals surface area contributed by atoms with Crippen molar-refractivity contribution in [3.63, 3.8) is 0 Å². The Kier molecular flexibility index (Phi) is 13.0. The summed E-state index contributed by atoms with van der Waals surface area (Å²) in [6, 6.07) is 3.40. The molecule has 0 radical (unpaired) electrons. The Labute approximate surface area is 209 Å². The molecule has 0 saturated carbocycles. The Bertz CT molecular complexity index is 933. The van der Waals surface area contributed by atoms with E-state index in [4.69, 9.17) is 39.0 Å². The Morgan fingerprint density at radius 1 is 1.14 bits per heavy atom. The van der Waals surface area contributed by atoms with Gasteiger partial charge in [-0.05, 0) is 42.0 Å². The van der Waals surface area contributed by atoms with Gasteiger partial charge in [0.15, 0.2) is 6.10 Å². The maximum Gasteiger partial charge on any atom is 0.405 e. The molecule has 0 saturated heterocycles. The highest BCUT2D eigenvalue weighted by Crippen LogP contribution is 2.19. The molecule has 2 atom stereocenters. The molecular weight excluding hydrogens is 478 g/mol. The summed E-state index contributed by atoms with van der Waals surface area (Å²) in [5.74, 6) is 1.03. The number of hydrogen-bond acceptors (Lipinski definition) is 6. The minimum absolute atomic E-state index is 0.121. The first kappa shape index (κ1) is 29.5. The molecule has 2 unspecified atom stereocenters. The summed E-state index contributed by atoms with van der Waals surface area (Å²) in [4.78, 5) is 47.9.